The van der Waals surface area contributed by atoms with Crippen LogP contribution in [0.3, 0.4) is 0 Å². The van der Waals surface area contributed by atoms with Crippen LogP contribution in [0.15, 0.2) is 36.4 Å². The van der Waals surface area contributed by atoms with E-state index in [4.69, 9.17) is 9.47 Å². The van der Waals surface area contributed by atoms with E-state index in [1.165, 1.54) is 5.56 Å². The summed E-state index contributed by atoms with van der Waals surface area (Å²) < 4.78 is 10.3. The van der Waals surface area contributed by atoms with Gasteiger partial charge < -0.3 is 9.47 Å². The molecule has 1 atom stereocenters. The fourth-order valence-corrected chi connectivity index (χ4v) is 2.12. The summed E-state index contributed by atoms with van der Waals surface area (Å²) in [4.78, 5) is 11.2. The Kier molecular flexibility index (Phi) is 4.03. The molecule has 96 valence electrons. The quantitative estimate of drug-likeness (QED) is 0.592. The molecule has 3 nitrogen and oxygen atoms in total. The van der Waals surface area contributed by atoms with Crippen LogP contribution in [0, 0.1) is 0 Å². The molecule has 3 heteroatoms. The molecule has 2 rings (SSSR count). The molecule has 1 aromatic carbocycles. The topological polar surface area (TPSA) is 35.5 Å². The van der Waals surface area contributed by atoms with E-state index in [0.29, 0.717) is 12.0 Å². The average molecular weight is 246 g/mol. The minimum absolute atomic E-state index is 0.0308. The van der Waals surface area contributed by atoms with Gasteiger partial charge in [0.1, 0.15) is 11.9 Å². The van der Waals surface area contributed by atoms with E-state index in [1.807, 2.05) is 12.1 Å². The molecule has 0 bridgehead atoms. The second-order valence-corrected chi connectivity index (χ2v) is 4.58. The number of methoxy groups -OCH3 is 1. The summed E-state index contributed by atoms with van der Waals surface area (Å²) in [6.07, 6.45) is 3.61. The van der Waals surface area contributed by atoms with Gasteiger partial charge in [0.25, 0.3) is 0 Å². The molecule has 0 amide bonds. The molecule has 0 aliphatic carbocycles. The molecule has 18 heavy (non-hydrogen) atoms. The van der Waals surface area contributed by atoms with Gasteiger partial charge in [0.2, 0.25) is 0 Å². The lowest BCUT2D eigenvalue weighted by Gasteiger charge is -2.08. The standard InChI is InChI=1S/C15H18O3/c1-11-10-14(18-15(11)16)5-3-4-12-6-8-13(17-2)9-7-12/h6-9,14H,1,3-5,10H2,2H3. The second-order valence-electron chi connectivity index (χ2n) is 4.58. The number of carbonyl (C=O) groups excluding carboxylic acids is 1. The van der Waals surface area contributed by atoms with Crippen molar-refractivity contribution in [1.29, 1.82) is 0 Å². The van der Waals surface area contributed by atoms with Gasteiger partial charge in [-0.05, 0) is 37.0 Å². The highest BCUT2D eigenvalue weighted by atomic mass is 16.5. The van der Waals surface area contributed by atoms with E-state index < -0.39 is 0 Å². The maximum Gasteiger partial charge on any atom is 0.333 e. The Balaban J connectivity index is 1.75. The van der Waals surface area contributed by atoms with Gasteiger partial charge in [-0.15, -0.1) is 0 Å². The van der Waals surface area contributed by atoms with Crippen molar-refractivity contribution in [2.45, 2.75) is 31.8 Å². The third kappa shape index (κ3) is 3.13. The maximum absolute atomic E-state index is 11.2. The van der Waals surface area contributed by atoms with E-state index in [2.05, 4.69) is 18.7 Å². The van der Waals surface area contributed by atoms with E-state index >= 15 is 0 Å². The van der Waals surface area contributed by atoms with Crippen molar-refractivity contribution in [3.8, 4) is 5.75 Å². The van der Waals surface area contributed by atoms with Crippen molar-refractivity contribution in [3.05, 3.63) is 42.0 Å². The fourth-order valence-electron chi connectivity index (χ4n) is 2.12. The number of cyclic esters (lactones) is 1. The highest BCUT2D eigenvalue weighted by Crippen LogP contribution is 2.23. The second kappa shape index (κ2) is 5.71. The van der Waals surface area contributed by atoms with Gasteiger partial charge in [0.15, 0.2) is 0 Å². The molecular weight excluding hydrogens is 228 g/mol. The summed E-state index contributed by atoms with van der Waals surface area (Å²) >= 11 is 0. The predicted molar refractivity (Wildman–Crippen MR) is 69.6 cm³/mol. The van der Waals surface area contributed by atoms with Crippen LogP contribution < -0.4 is 4.74 Å². The minimum Gasteiger partial charge on any atom is -0.497 e. The Hall–Kier alpha value is -1.77. The number of esters is 1. The lowest BCUT2D eigenvalue weighted by Crippen LogP contribution is -2.06. The molecule has 1 aliphatic heterocycles. The number of benzene rings is 1. The van der Waals surface area contributed by atoms with Crippen molar-refractivity contribution in [1.82, 2.24) is 0 Å². The lowest BCUT2D eigenvalue weighted by molar-refractivity contribution is -0.139. The van der Waals surface area contributed by atoms with Crippen molar-refractivity contribution in [2.24, 2.45) is 0 Å². The SMILES string of the molecule is C=C1CC(CCCc2ccc(OC)cc2)OC1=O. The minimum atomic E-state index is -0.232. The summed E-state index contributed by atoms with van der Waals surface area (Å²) in [5.74, 6) is 0.643. The lowest BCUT2D eigenvalue weighted by atomic mass is 10.0. The number of rotatable bonds is 5. The van der Waals surface area contributed by atoms with Gasteiger partial charge in [0, 0.05) is 12.0 Å². The van der Waals surface area contributed by atoms with E-state index in [-0.39, 0.29) is 12.1 Å². The Morgan fingerprint density at radius 2 is 2.11 bits per heavy atom. The van der Waals surface area contributed by atoms with Gasteiger partial charge in [-0.2, -0.15) is 0 Å². The number of aryl methyl sites for hydroxylation is 1. The Morgan fingerprint density at radius 3 is 2.67 bits per heavy atom. The summed E-state index contributed by atoms with van der Waals surface area (Å²) in [6.45, 7) is 3.68. The molecule has 0 radical (unpaired) electrons. The predicted octanol–water partition coefficient (Wildman–Crippen LogP) is 2.89. The van der Waals surface area contributed by atoms with Crippen molar-refractivity contribution in [2.75, 3.05) is 7.11 Å². The molecule has 0 aromatic heterocycles. The number of hydrogen-bond donors (Lipinski definition) is 0. The molecule has 0 spiro atoms. The molecule has 1 fully saturated rings. The summed E-state index contributed by atoms with van der Waals surface area (Å²) in [5, 5.41) is 0. The van der Waals surface area contributed by atoms with Crippen LogP contribution in [0.1, 0.15) is 24.8 Å². The first-order valence-electron chi connectivity index (χ1n) is 6.20. The number of ether oxygens (including phenoxy) is 2. The van der Waals surface area contributed by atoms with E-state index in [9.17, 15) is 4.79 Å². The summed E-state index contributed by atoms with van der Waals surface area (Å²) in [7, 11) is 1.66. The Bertz CT molecular complexity index is 418. The Labute approximate surface area is 107 Å². The van der Waals surface area contributed by atoms with Crippen LogP contribution in [0.4, 0.5) is 0 Å². The number of carbonyl (C=O) groups is 1. The van der Waals surface area contributed by atoms with Crippen LogP contribution in [0.2, 0.25) is 0 Å². The average Bonchev–Trinajstić information content (AvgIpc) is 2.69. The molecule has 0 N–H and O–H groups in total. The van der Waals surface area contributed by atoms with Crippen LogP contribution in [-0.2, 0) is 16.0 Å². The highest BCUT2D eigenvalue weighted by Gasteiger charge is 2.26. The van der Waals surface area contributed by atoms with Gasteiger partial charge >= 0.3 is 5.97 Å². The third-order valence-electron chi connectivity index (χ3n) is 3.19. The molecular formula is C15H18O3. The van der Waals surface area contributed by atoms with Crippen molar-refractivity contribution >= 4 is 5.97 Å². The number of hydrogen-bond acceptors (Lipinski definition) is 3. The van der Waals surface area contributed by atoms with E-state index in [1.54, 1.807) is 7.11 Å². The third-order valence-corrected chi connectivity index (χ3v) is 3.19. The van der Waals surface area contributed by atoms with E-state index in [0.717, 1.165) is 25.0 Å². The molecule has 1 aromatic rings. The van der Waals surface area contributed by atoms with Crippen LogP contribution in [0.5, 0.6) is 5.75 Å². The zero-order valence-electron chi connectivity index (χ0n) is 10.6. The normalized spacial score (nSPS) is 18.8. The van der Waals surface area contributed by atoms with Crippen molar-refractivity contribution in [3.63, 3.8) is 0 Å². The monoisotopic (exact) mass is 246 g/mol. The zero-order valence-corrected chi connectivity index (χ0v) is 10.6. The first-order valence-corrected chi connectivity index (χ1v) is 6.20. The van der Waals surface area contributed by atoms with Crippen LogP contribution >= 0.6 is 0 Å². The van der Waals surface area contributed by atoms with Gasteiger partial charge in [-0.3, -0.25) is 0 Å². The zero-order chi connectivity index (χ0) is 13.0. The molecule has 1 aliphatic rings. The smallest absolute Gasteiger partial charge is 0.333 e. The molecule has 1 saturated heterocycles. The first kappa shape index (κ1) is 12.7. The van der Waals surface area contributed by atoms with Gasteiger partial charge in [-0.1, -0.05) is 18.7 Å². The first-order chi connectivity index (χ1) is 8.69. The summed E-state index contributed by atoms with van der Waals surface area (Å²) in [6, 6.07) is 8.07. The van der Waals surface area contributed by atoms with Gasteiger partial charge in [0.05, 0.1) is 7.11 Å². The fraction of sp³-hybridized carbons (Fsp3) is 0.400. The molecule has 1 heterocycles. The molecule has 0 saturated carbocycles. The largest absolute Gasteiger partial charge is 0.497 e. The maximum atomic E-state index is 11.2. The van der Waals surface area contributed by atoms with Crippen molar-refractivity contribution < 1.29 is 14.3 Å². The van der Waals surface area contributed by atoms with Crippen LogP contribution in [-0.4, -0.2) is 19.2 Å². The summed E-state index contributed by atoms with van der Waals surface area (Å²) in [5.41, 5.74) is 1.88. The Morgan fingerprint density at radius 1 is 1.39 bits per heavy atom. The highest BCUT2D eigenvalue weighted by molar-refractivity contribution is 5.89. The molecule has 1 unspecified atom stereocenters. The van der Waals surface area contributed by atoms with Crippen LogP contribution in [0.25, 0.3) is 0 Å². The van der Waals surface area contributed by atoms with Gasteiger partial charge in [-0.25, -0.2) is 4.79 Å².